The molecule has 0 radical (unpaired) electrons. The summed E-state index contributed by atoms with van der Waals surface area (Å²) in [4.78, 5) is 0. The first kappa shape index (κ1) is 15.9. The minimum absolute atomic E-state index is 0.853. The second-order valence-electron chi connectivity index (χ2n) is 5.21. The summed E-state index contributed by atoms with van der Waals surface area (Å²) in [5.74, 6) is 7.23. The fourth-order valence-electron chi connectivity index (χ4n) is 2.19. The third-order valence-corrected chi connectivity index (χ3v) is 3.52. The van der Waals surface area contributed by atoms with Crippen LogP contribution in [-0.2, 0) is 6.42 Å². The van der Waals surface area contributed by atoms with E-state index in [0.717, 1.165) is 29.7 Å². The van der Waals surface area contributed by atoms with E-state index in [4.69, 9.17) is 4.74 Å². The van der Waals surface area contributed by atoms with Gasteiger partial charge in [0.25, 0.3) is 0 Å². The fraction of sp³-hybridized carbons (Fsp3) is 0.238. The van der Waals surface area contributed by atoms with Crippen LogP contribution < -0.4 is 4.74 Å². The number of aryl methyl sites for hydroxylation is 1. The highest BCUT2D eigenvalue weighted by molar-refractivity contribution is 5.44. The van der Waals surface area contributed by atoms with Gasteiger partial charge in [0.2, 0.25) is 0 Å². The Bertz CT molecular complexity index is 639. The molecule has 0 atom stereocenters. The molecule has 0 aliphatic rings. The molecule has 0 saturated carbocycles. The van der Waals surface area contributed by atoms with Crippen LogP contribution in [0.1, 0.15) is 36.0 Å². The molecule has 2 aromatic carbocycles. The van der Waals surface area contributed by atoms with Crippen LogP contribution in [-0.4, -0.2) is 7.11 Å². The summed E-state index contributed by atoms with van der Waals surface area (Å²) >= 11 is 0. The Morgan fingerprint density at radius 1 is 0.909 bits per heavy atom. The van der Waals surface area contributed by atoms with Crippen molar-refractivity contribution in [3.05, 3.63) is 77.9 Å². The quantitative estimate of drug-likeness (QED) is 0.413. The van der Waals surface area contributed by atoms with Gasteiger partial charge >= 0.3 is 0 Å². The van der Waals surface area contributed by atoms with Gasteiger partial charge in [-0.05, 0) is 67.6 Å². The van der Waals surface area contributed by atoms with Gasteiger partial charge in [-0.3, -0.25) is 0 Å². The zero-order valence-electron chi connectivity index (χ0n) is 13.1. The molecule has 0 spiro atoms. The first-order chi connectivity index (χ1) is 10.8. The van der Waals surface area contributed by atoms with Crippen molar-refractivity contribution in [3.63, 3.8) is 0 Å². The van der Waals surface area contributed by atoms with Gasteiger partial charge in [0, 0.05) is 11.1 Å². The molecular formula is C21H22O. The van der Waals surface area contributed by atoms with Gasteiger partial charge < -0.3 is 4.74 Å². The van der Waals surface area contributed by atoms with E-state index in [9.17, 15) is 0 Å². The lowest BCUT2D eigenvalue weighted by molar-refractivity contribution is 0.415. The Morgan fingerprint density at radius 2 is 1.50 bits per heavy atom. The second-order valence-corrected chi connectivity index (χ2v) is 5.21. The van der Waals surface area contributed by atoms with Crippen LogP contribution in [0.3, 0.4) is 0 Å². The van der Waals surface area contributed by atoms with Crippen LogP contribution in [0.25, 0.3) is 0 Å². The number of ether oxygens (including phenoxy) is 1. The molecule has 0 saturated heterocycles. The summed E-state index contributed by atoms with van der Waals surface area (Å²) in [6.07, 6.45) is 6.63. The highest BCUT2D eigenvalue weighted by Crippen LogP contribution is 2.11. The average molecular weight is 290 g/mol. The Balaban J connectivity index is 1.93. The summed E-state index contributed by atoms with van der Waals surface area (Å²) in [5, 5.41) is 0. The maximum absolute atomic E-state index is 5.14. The Hall–Kier alpha value is -2.46. The van der Waals surface area contributed by atoms with E-state index in [-0.39, 0.29) is 0 Å². The molecule has 2 rings (SSSR count). The van der Waals surface area contributed by atoms with Gasteiger partial charge in [0.15, 0.2) is 0 Å². The fourth-order valence-corrected chi connectivity index (χ4v) is 2.19. The smallest absolute Gasteiger partial charge is 0.118 e. The standard InChI is InChI=1S/C21H22O/c1-3-4-5-6-7-18-8-10-19(11-9-18)12-13-20-14-16-21(22-2)17-15-20/h3,8-11,14-17H,1,4-7H2,2H3. The zero-order chi connectivity index (χ0) is 15.6. The number of hydrogen-bond acceptors (Lipinski definition) is 1. The Morgan fingerprint density at radius 3 is 2.05 bits per heavy atom. The largest absolute Gasteiger partial charge is 0.497 e. The number of unbranched alkanes of at least 4 members (excludes halogenated alkanes) is 2. The van der Waals surface area contributed by atoms with Crippen molar-refractivity contribution < 1.29 is 4.74 Å². The minimum Gasteiger partial charge on any atom is -0.497 e. The molecule has 112 valence electrons. The summed E-state index contributed by atoms with van der Waals surface area (Å²) < 4.78 is 5.14. The highest BCUT2D eigenvalue weighted by atomic mass is 16.5. The van der Waals surface area contributed by atoms with Crippen LogP contribution in [0.15, 0.2) is 61.2 Å². The topological polar surface area (TPSA) is 9.23 Å². The van der Waals surface area contributed by atoms with Crippen molar-refractivity contribution in [1.29, 1.82) is 0 Å². The maximum Gasteiger partial charge on any atom is 0.118 e. The molecule has 2 aromatic rings. The van der Waals surface area contributed by atoms with E-state index < -0.39 is 0 Å². The molecule has 22 heavy (non-hydrogen) atoms. The van der Waals surface area contributed by atoms with Gasteiger partial charge in [-0.15, -0.1) is 6.58 Å². The van der Waals surface area contributed by atoms with Crippen LogP contribution in [0, 0.1) is 11.8 Å². The van der Waals surface area contributed by atoms with Crippen LogP contribution >= 0.6 is 0 Å². The summed E-state index contributed by atoms with van der Waals surface area (Å²) in [6, 6.07) is 16.3. The second kappa shape index (κ2) is 8.74. The van der Waals surface area contributed by atoms with Crippen LogP contribution in [0.4, 0.5) is 0 Å². The molecular weight excluding hydrogens is 268 g/mol. The number of rotatable bonds is 6. The number of benzene rings is 2. The van der Waals surface area contributed by atoms with Crippen molar-refractivity contribution in [2.24, 2.45) is 0 Å². The average Bonchev–Trinajstić information content (AvgIpc) is 2.58. The van der Waals surface area contributed by atoms with Crippen molar-refractivity contribution in [2.45, 2.75) is 25.7 Å². The summed E-state index contributed by atoms with van der Waals surface area (Å²) in [6.45, 7) is 3.75. The van der Waals surface area contributed by atoms with E-state index in [2.05, 4.69) is 42.7 Å². The normalized spacial score (nSPS) is 9.68. The Kier molecular flexibility index (Phi) is 6.33. The molecule has 0 aliphatic carbocycles. The van der Waals surface area contributed by atoms with Crippen LogP contribution in [0.5, 0.6) is 5.75 Å². The van der Waals surface area contributed by atoms with Crippen molar-refractivity contribution in [3.8, 4) is 17.6 Å². The van der Waals surface area contributed by atoms with Crippen molar-refractivity contribution in [2.75, 3.05) is 7.11 Å². The molecule has 0 fully saturated rings. The maximum atomic E-state index is 5.14. The molecule has 0 aliphatic heterocycles. The van der Waals surface area contributed by atoms with Gasteiger partial charge in [-0.1, -0.05) is 30.0 Å². The SMILES string of the molecule is C=CCCCCc1ccc(C#Cc2ccc(OC)cc2)cc1. The van der Waals surface area contributed by atoms with Gasteiger partial charge in [0.1, 0.15) is 5.75 Å². The van der Waals surface area contributed by atoms with Gasteiger partial charge in [-0.25, -0.2) is 0 Å². The molecule has 0 heterocycles. The molecule has 1 nitrogen and oxygen atoms in total. The molecule has 0 bridgehead atoms. The third kappa shape index (κ3) is 5.14. The monoisotopic (exact) mass is 290 g/mol. The van der Waals surface area contributed by atoms with Gasteiger partial charge in [-0.2, -0.15) is 0 Å². The van der Waals surface area contributed by atoms with E-state index in [1.54, 1.807) is 7.11 Å². The first-order valence-electron chi connectivity index (χ1n) is 7.68. The van der Waals surface area contributed by atoms with E-state index >= 15 is 0 Å². The highest BCUT2D eigenvalue weighted by Gasteiger charge is 1.94. The first-order valence-corrected chi connectivity index (χ1v) is 7.68. The summed E-state index contributed by atoms with van der Waals surface area (Å²) in [7, 11) is 1.67. The summed E-state index contributed by atoms with van der Waals surface area (Å²) in [5.41, 5.74) is 3.42. The predicted octanol–water partition coefficient (Wildman–Crippen LogP) is 4.99. The van der Waals surface area contributed by atoms with E-state index in [1.807, 2.05) is 30.3 Å². The third-order valence-electron chi connectivity index (χ3n) is 3.52. The number of methoxy groups -OCH3 is 1. The van der Waals surface area contributed by atoms with Crippen molar-refractivity contribution in [1.82, 2.24) is 0 Å². The lowest BCUT2D eigenvalue weighted by atomic mass is 10.1. The van der Waals surface area contributed by atoms with Crippen LogP contribution in [0.2, 0.25) is 0 Å². The minimum atomic E-state index is 0.853. The molecule has 0 amide bonds. The Labute approximate surface area is 133 Å². The molecule has 0 aromatic heterocycles. The zero-order valence-corrected chi connectivity index (χ0v) is 13.1. The number of hydrogen-bond donors (Lipinski definition) is 0. The number of allylic oxidation sites excluding steroid dienone is 1. The van der Waals surface area contributed by atoms with Gasteiger partial charge in [0.05, 0.1) is 7.11 Å². The molecule has 0 unspecified atom stereocenters. The predicted molar refractivity (Wildman–Crippen MR) is 93.2 cm³/mol. The lowest BCUT2D eigenvalue weighted by Gasteiger charge is -2.00. The molecule has 0 N–H and O–H groups in total. The molecule has 1 heteroatoms. The lowest BCUT2D eigenvalue weighted by Crippen LogP contribution is -1.86. The van der Waals surface area contributed by atoms with Crippen molar-refractivity contribution >= 4 is 0 Å². The van der Waals surface area contributed by atoms with E-state index in [0.29, 0.717) is 0 Å². The van der Waals surface area contributed by atoms with E-state index in [1.165, 1.54) is 18.4 Å².